The first kappa shape index (κ1) is 15.7. The number of amides is 2. The van der Waals surface area contributed by atoms with Crippen LogP contribution in [0.2, 0.25) is 0 Å². The summed E-state index contributed by atoms with van der Waals surface area (Å²) in [5.41, 5.74) is 0.923. The van der Waals surface area contributed by atoms with Gasteiger partial charge in [0.1, 0.15) is 0 Å². The van der Waals surface area contributed by atoms with Crippen molar-refractivity contribution in [3.05, 3.63) is 35.9 Å². The third-order valence-corrected chi connectivity index (χ3v) is 6.67. The van der Waals surface area contributed by atoms with Crippen molar-refractivity contribution in [2.75, 3.05) is 13.6 Å². The minimum absolute atomic E-state index is 0.0884. The lowest BCUT2D eigenvalue weighted by Gasteiger charge is -2.45. The highest BCUT2D eigenvalue weighted by Crippen LogP contribution is 2.50. The molecule has 1 N–H and O–H groups in total. The number of rotatable bonds is 4. The second kappa shape index (κ2) is 5.61. The van der Waals surface area contributed by atoms with Crippen LogP contribution < -0.4 is 5.32 Å². The molecule has 0 radical (unpaired) electrons. The van der Waals surface area contributed by atoms with Gasteiger partial charge in [-0.05, 0) is 37.7 Å². The number of nitrogens with zero attached hydrogens (tertiary/aromatic N) is 1. The SMILES string of the molecule is CN1C(=O)CCC2(CNC(=O)C3(c4ccccc4)CC3)CCCC12. The van der Waals surface area contributed by atoms with Gasteiger partial charge in [0, 0.05) is 31.5 Å². The van der Waals surface area contributed by atoms with E-state index in [4.69, 9.17) is 0 Å². The Balaban J connectivity index is 1.47. The van der Waals surface area contributed by atoms with Gasteiger partial charge in [-0.2, -0.15) is 0 Å². The lowest BCUT2D eigenvalue weighted by molar-refractivity contribution is -0.139. The number of likely N-dealkylation sites (tertiary alicyclic amines) is 1. The molecule has 2 saturated carbocycles. The van der Waals surface area contributed by atoms with Gasteiger partial charge in [0.15, 0.2) is 0 Å². The summed E-state index contributed by atoms with van der Waals surface area (Å²) in [6.07, 6.45) is 6.76. The quantitative estimate of drug-likeness (QED) is 0.925. The maximum atomic E-state index is 12.9. The van der Waals surface area contributed by atoms with E-state index in [-0.39, 0.29) is 22.6 Å². The Morgan fingerprint density at radius 1 is 1.21 bits per heavy atom. The molecule has 4 rings (SSSR count). The minimum Gasteiger partial charge on any atom is -0.355 e. The van der Waals surface area contributed by atoms with E-state index < -0.39 is 0 Å². The number of fused-ring (bicyclic) bond motifs is 1. The molecule has 2 amide bonds. The number of nitrogens with one attached hydrogen (secondary N) is 1. The van der Waals surface area contributed by atoms with Crippen LogP contribution in [0.25, 0.3) is 0 Å². The highest BCUT2D eigenvalue weighted by atomic mass is 16.2. The molecule has 1 heterocycles. The Hall–Kier alpha value is -1.84. The molecule has 0 bridgehead atoms. The summed E-state index contributed by atoms with van der Waals surface area (Å²) in [7, 11) is 1.93. The molecule has 4 nitrogen and oxygen atoms in total. The molecular weight excluding hydrogens is 300 g/mol. The molecule has 128 valence electrons. The van der Waals surface area contributed by atoms with Crippen LogP contribution in [-0.4, -0.2) is 36.3 Å². The Morgan fingerprint density at radius 3 is 2.67 bits per heavy atom. The molecule has 1 aromatic rings. The lowest BCUT2D eigenvalue weighted by Crippen LogP contribution is -2.55. The largest absolute Gasteiger partial charge is 0.355 e. The molecule has 24 heavy (non-hydrogen) atoms. The third kappa shape index (κ3) is 2.35. The smallest absolute Gasteiger partial charge is 0.230 e. The minimum atomic E-state index is -0.303. The first-order valence-corrected chi connectivity index (χ1v) is 9.17. The summed E-state index contributed by atoms with van der Waals surface area (Å²) >= 11 is 0. The maximum Gasteiger partial charge on any atom is 0.230 e. The van der Waals surface area contributed by atoms with E-state index in [1.54, 1.807) is 0 Å². The fourth-order valence-electron chi connectivity index (χ4n) is 4.97. The molecule has 3 aliphatic rings. The topological polar surface area (TPSA) is 49.4 Å². The van der Waals surface area contributed by atoms with E-state index in [1.165, 1.54) is 0 Å². The first-order valence-electron chi connectivity index (χ1n) is 9.17. The molecule has 2 aliphatic carbocycles. The van der Waals surface area contributed by atoms with Crippen molar-refractivity contribution < 1.29 is 9.59 Å². The fraction of sp³-hybridized carbons (Fsp3) is 0.600. The van der Waals surface area contributed by atoms with Gasteiger partial charge in [-0.15, -0.1) is 0 Å². The summed E-state index contributed by atoms with van der Waals surface area (Å²) in [4.78, 5) is 26.9. The summed E-state index contributed by atoms with van der Waals surface area (Å²) in [5, 5.41) is 3.27. The Kier molecular flexibility index (Phi) is 3.66. The zero-order valence-electron chi connectivity index (χ0n) is 14.4. The third-order valence-electron chi connectivity index (χ3n) is 6.67. The number of piperidine rings is 1. The van der Waals surface area contributed by atoms with Crippen LogP contribution >= 0.6 is 0 Å². The second-order valence-electron chi connectivity index (χ2n) is 7.91. The predicted octanol–water partition coefficient (Wildman–Crippen LogP) is 2.63. The maximum absolute atomic E-state index is 12.9. The van der Waals surface area contributed by atoms with Crippen molar-refractivity contribution in [3.8, 4) is 0 Å². The number of hydrogen-bond donors (Lipinski definition) is 1. The Bertz CT molecular complexity index is 653. The van der Waals surface area contributed by atoms with E-state index >= 15 is 0 Å². The number of carbonyl (C=O) groups is 2. The summed E-state index contributed by atoms with van der Waals surface area (Å²) < 4.78 is 0. The highest BCUT2D eigenvalue weighted by molar-refractivity contribution is 5.91. The van der Waals surface area contributed by atoms with Gasteiger partial charge in [0.05, 0.1) is 5.41 Å². The zero-order valence-corrected chi connectivity index (χ0v) is 14.4. The van der Waals surface area contributed by atoms with Crippen LogP contribution in [0.1, 0.15) is 50.5 Å². The van der Waals surface area contributed by atoms with Crippen molar-refractivity contribution in [1.29, 1.82) is 0 Å². The van der Waals surface area contributed by atoms with Gasteiger partial charge in [-0.1, -0.05) is 36.8 Å². The second-order valence-corrected chi connectivity index (χ2v) is 7.91. The van der Waals surface area contributed by atoms with Crippen molar-refractivity contribution in [3.63, 3.8) is 0 Å². The summed E-state index contributed by atoms with van der Waals surface area (Å²) in [5.74, 6) is 0.431. The predicted molar refractivity (Wildman–Crippen MR) is 92.4 cm³/mol. The molecule has 0 spiro atoms. The average molecular weight is 326 g/mol. The molecule has 1 aromatic carbocycles. The fourth-order valence-corrected chi connectivity index (χ4v) is 4.97. The normalized spacial score (nSPS) is 30.8. The number of carbonyl (C=O) groups excluding carboxylic acids is 2. The molecule has 4 heteroatoms. The van der Waals surface area contributed by atoms with Crippen LogP contribution in [0.4, 0.5) is 0 Å². The highest BCUT2D eigenvalue weighted by Gasteiger charge is 2.53. The standard InChI is InChI=1S/C20H26N2O2/c1-22-16-8-5-10-19(16,11-9-17(22)23)14-21-18(24)20(12-13-20)15-6-3-2-4-7-15/h2-4,6-7,16H,5,8-14H2,1H3,(H,21,24). The summed E-state index contributed by atoms with van der Waals surface area (Å²) in [6.45, 7) is 0.711. The summed E-state index contributed by atoms with van der Waals surface area (Å²) in [6, 6.07) is 10.4. The molecule has 0 aromatic heterocycles. The van der Waals surface area contributed by atoms with E-state index in [2.05, 4.69) is 17.4 Å². The van der Waals surface area contributed by atoms with Crippen molar-refractivity contribution in [2.24, 2.45) is 5.41 Å². The van der Waals surface area contributed by atoms with Gasteiger partial charge in [0.2, 0.25) is 11.8 Å². The van der Waals surface area contributed by atoms with Gasteiger partial charge in [-0.25, -0.2) is 0 Å². The van der Waals surface area contributed by atoms with Gasteiger partial charge in [0.25, 0.3) is 0 Å². The van der Waals surface area contributed by atoms with Crippen LogP contribution in [0.15, 0.2) is 30.3 Å². The average Bonchev–Trinajstić information content (AvgIpc) is 3.32. The molecule has 2 atom stereocenters. The van der Waals surface area contributed by atoms with Crippen LogP contribution in [-0.2, 0) is 15.0 Å². The zero-order chi connectivity index (χ0) is 16.8. The monoisotopic (exact) mass is 326 g/mol. The Morgan fingerprint density at radius 2 is 1.96 bits per heavy atom. The van der Waals surface area contributed by atoms with Gasteiger partial charge in [-0.3, -0.25) is 9.59 Å². The Labute approximate surface area is 143 Å². The van der Waals surface area contributed by atoms with E-state index in [9.17, 15) is 9.59 Å². The van der Waals surface area contributed by atoms with E-state index in [0.717, 1.165) is 44.1 Å². The van der Waals surface area contributed by atoms with E-state index in [1.807, 2.05) is 30.1 Å². The molecule has 1 saturated heterocycles. The molecule has 3 fully saturated rings. The van der Waals surface area contributed by atoms with Crippen molar-refractivity contribution in [2.45, 2.75) is 56.4 Å². The molecule has 2 unspecified atom stereocenters. The number of benzene rings is 1. The van der Waals surface area contributed by atoms with Crippen molar-refractivity contribution in [1.82, 2.24) is 10.2 Å². The first-order chi connectivity index (χ1) is 11.6. The van der Waals surface area contributed by atoms with E-state index in [0.29, 0.717) is 19.0 Å². The number of hydrogen-bond acceptors (Lipinski definition) is 2. The molecule has 1 aliphatic heterocycles. The van der Waals surface area contributed by atoms with Crippen LogP contribution in [0, 0.1) is 5.41 Å². The van der Waals surface area contributed by atoms with Gasteiger partial charge < -0.3 is 10.2 Å². The van der Waals surface area contributed by atoms with Crippen molar-refractivity contribution >= 4 is 11.8 Å². The molecular formula is C20H26N2O2. The van der Waals surface area contributed by atoms with Crippen LogP contribution in [0.5, 0.6) is 0 Å². The van der Waals surface area contributed by atoms with Gasteiger partial charge >= 0.3 is 0 Å². The lowest BCUT2D eigenvalue weighted by atomic mass is 9.74. The van der Waals surface area contributed by atoms with Crippen LogP contribution in [0.3, 0.4) is 0 Å².